The Kier molecular flexibility index (Phi) is 8.35. The Labute approximate surface area is 232 Å². The zero-order valence-corrected chi connectivity index (χ0v) is 23.8. The highest BCUT2D eigenvalue weighted by Crippen LogP contribution is 2.45. The number of anilines is 1. The molecule has 0 radical (unpaired) electrons. The van der Waals surface area contributed by atoms with Crippen molar-refractivity contribution in [3.8, 4) is 0 Å². The standard InChI is InChI=1S/C24H28N6O5S3/c1-12-15(38-11-26-12)8-30(2,3)7-5-6-13-9-36-21-17(16(13)23(33)34)20(31)19(21)28-22(32)18(29-35-4)14-10-37-24(25)27-14/h5-6,10-11,17,19,21H,7-9H2,1-4H3,(H3-,25,27,28,32,33,34)/p+1/b6-5+,29-18-/t17?,19-,21+/m1/s1. The normalized spacial score (nSPS) is 21.8. The van der Waals surface area contributed by atoms with Gasteiger partial charge in [-0.1, -0.05) is 11.2 Å². The number of fused-ring (bicyclic) bond motifs is 1. The van der Waals surface area contributed by atoms with Crippen molar-refractivity contribution in [1.82, 2.24) is 15.3 Å². The monoisotopic (exact) mass is 577 g/mol. The van der Waals surface area contributed by atoms with Gasteiger partial charge in [0.15, 0.2) is 16.6 Å². The number of aromatic nitrogens is 2. The number of ketones is 1. The fourth-order valence-corrected chi connectivity index (χ4v) is 7.44. The summed E-state index contributed by atoms with van der Waals surface area (Å²) in [6, 6.07) is -0.839. The van der Waals surface area contributed by atoms with Gasteiger partial charge in [0.05, 0.1) is 48.2 Å². The van der Waals surface area contributed by atoms with Crippen LogP contribution in [0.25, 0.3) is 0 Å². The van der Waals surface area contributed by atoms with Gasteiger partial charge in [0.25, 0.3) is 5.91 Å². The molecule has 2 aromatic rings. The van der Waals surface area contributed by atoms with Crippen molar-refractivity contribution in [2.45, 2.75) is 24.8 Å². The van der Waals surface area contributed by atoms with Crippen LogP contribution in [0.1, 0.15) is 16.3 Å². The molecule has 1 fully saturated rings. The van der Waals surface area contributed by atoms with E-state index in [0.717, 1.165) is 23.6 Å². The predicted molar refractivity (Wildman–Crippen MR) is 148 cm³/mol. The number of carbonyl (C=O) groups is 3. The van der Waals surface area contributed by atoms with Crippen LogP contribution < -0.4 is 11.1 Å². The second-order valence-corrected chi connectivity index (χ2v) is 12.6. The van der Waals surface area contributed by atoms with E-state index >= 15 is 0 Å². The molecule has 2 aromatic heterocycles. The second-order valence-electron chi connectivity index (χ2n) is 9.58. The van der Waals surface area contributed by atoms with Crippen molar-refractivity contribution >= 4 is 62.9 Å². The molecule has 1 aliphatic heterocycles. The number of thioether (sulfide) groups is 1. The number of hydrogen-bond acceptors (Lipinski definition) is 11. The molecule has 1 saturated carbocycles. The van der Waals surface area contributed by atoms with Gasteiger partial charge < -0.3 is 25.5 Å². The summed E-state index contributed by atoms with van der Waals surface area (Å²) in [5.41, 5.74) is 9.38. The third-order valence-electron chi connectivity index (χ3n) is 6.37. The number of carbonyl (C=O) groups excluding carboxylic acids is 2. The fourth-order valence-electron chi connectivity index (χ4n) is 4.43. The van der Waals surface area contributed by atoms with Gasteiger partial charge in [0.1, 0.15) is 25.4 Å². The lowest BCUT2D eigenvalue weighted by Gasteiger charge is -2.45. The van der Waals surface area contributed by atoms with Crippen LogP contribution in [0.3, 0.4) is 0 Å². The Morgan fingerprint density at radius 1 is 1.37 bits per heavy atom. The molecular weight excluding hydrogens is 549 g/mol. The van der Waals surface area contributed by atoms with Crippen molar-refractivity contribution in [3.63, 3.8) is 0 Å². The zero-order chi connectivity index (χ0) is 27.6. The molecule has 1 amide bonds. The topological polar surface area (TPSA) is 157 Å². The molecular formula is C24H29N6O5S3+. The fraction of sp³-hybridized carbons (Fsp3) is 0.417. The van der Waals surface area contributed by atoms with E-state index < -0.39 is 23.8 Å². The number of amides is 1. The summed E-state index contributed by atoms with van der Waals surface area (Å²) in [5.74, 6) is -2.48. The number of rotatable bonds is 10. The number of oxime groups is 1. The summed E-state index contributed by atoms with van der Waals surface area (Å²) in [4.78, 5) is 52.6. The second kappa shape index (κ2) is 11.4. The minimum absolute atomic E-state index is 0.0992. The van der Waals surface area contributed by atoms with E-state index in [1.165, 1.54) is 23.7 Å². The third kappa shape index (κ3) is 5.82. The average molecular weight is 578 g/mol. The number of nitrogens with one attached hydrogen (secondary N) is 1. The highest BCUT2D eigenvalue weighted by Gasteiger charge is 2.56. The van der Waals surface area contributed by atoms with Crippen LogP contribution >= 0.6 is 34.4 Å². The molecule has 2 aliphatic rings. The first-order chi connectivity index (χ1) is 18.0. The number of thiazole rings is 2. The summed E-state index contributed by atoms with van der Waals surface area (Å²) >= 11 is 4.23. The molecule has 38 heavy (non-hydrogen) atoms. The number of hydrogen-bond donors (Lipinski definition) is 3. The highest BCUT2D eigenvalue weighted by molar-refractivity contribution is 8.00. The molecule has 3 atom stereocenters. The predicted octanol–water partition coefficient (Wildman–Crippen LogP) is 1.85. The number of nitrogens with two attached hydrogens (primary N) is 1. The Hall–Kier alpha value is -3.07. The average Bonchev–Trinajstić information content (AvgIpc) is 3.47. The SMILES string of the molecule is CO/N=C(\C(=O)N[C@@H]1C(=O)C2C(C(=O)O)=C(/C=C/C[N+](C)(C)Cc3scnc3C)CS[C@@H]21)c1csc(N)n1. The summed E-state index contributed by atoms with van der Waals surface area (Å²) in [7, 11) is 5.50. The van der Waals surface area contributed by atoms with E-state index in [-0.39, 0.29) is 33.1 Å². The Balaban J connectivity index is 1.46. The van der Waals surface area contributed by atoms with Crippen molar-refractivity contribution < 1.29 is 28.8 Å². The number of nitrogens with zero attached hydrogens (tertiary/aromatic N) is 4. The van der Waals surface area contributed by atoms with E-state index in [0.29, 0.717) is 22.4 Å². The van der Waals surface area contributed by atoms with Crippen molar-refractivity contribution in [2.75, 3.05) is 39.2 Å². The van der Waals surface area contributed by atoms with E-state index in [9.17, 15) is 19.5 Å². The molecule has 4 N–H and O–H groups in total. The largest absolute Gasteiger partial charge is 0.478 e. The van der Waals surface area contributed by atoms with Crippen LogP contribution in [0.15, 0.2) is 39.3 Å². The molecule has 202 valence electrons. The molecule has 11 nitrogen and oxygen atoms in total. The molecule has 3 heterocycles. The number of nitrogen functional groups attached to an aromatic ring is 1. The maximum absolute atomic E-state index is 13.1. The van der Waals surface area contributed by atoms with Crippen LogP contribution in [0, 0.1) is 12.8 Å². The number of aryl methyl sites for hydroxylation is 1. The summed E-state index contributed by atoms with van der Waals surface area (Å²) in [6.45, 7) is 3.49. The van der Waals surface area contributed by atoms with Gasteiger partial charge in [-0.15, -0.1) is 22.7 Å². The Morgan fingerprint density at radius 3 is 2.74 bits per heavy atom. The minimum Gasteiger partial charge on any atom is -0.478 e. The highest BCUT2D eigenvalue weighted by atomic mass is 32.2. The molecule has 1 unspecified atom stereocenters. The maximum atomic E-state index is 13.1. The van der Waals surface area contributed by atoms with Gasteiger partial charge in [0.2, 0.25) is 0 Å². The molecule has 14 heteroatoms. The molecule has 1 aliphatic carbocycles. The lowest BCUT2D eigenvalue weighted by atomic mass is 9.71. The lowest BCUT2D eigenvalue weighted by Crippen LogP contribution is -2.65. The van der Waals surface area contributed by atoms with Crippen LogP contribution in [0.4, 0.5) is 5.13 Å². The summed E-state index contributed by atoms with van der Waals surface area (Å²) in [6.07, 6.45) is 3.78. The Morgan fingerprint density at radius 2 is 2.13 bits per heavy atom. The van der Waals surface area contributed by atoms with Crippen LogP contribution in [0.5, 0.6) is 0 Å². The van der Waals surface area contributed by atoms with Gasteiger partial charge in [-0.05, 0) is 18.6 Å². The quantitative estimate of drug-likeness (QED) is 0.218. The van der Waals surface area contributed by atoms with Gasteiger partial charge >= 0.3 is 5.97 Å². The van der Waals surface area contributed by atoms with Gasteiger partial charge in [-0.25, -0.2) is 14.8 Å². The Bertz CT molecular complexity index is 1340. The van der Waals surface area contributed by atoms with E-state index in [2.05, 4.69) is 34.5 Å². The van der Waals surface area contributed by atoms with E-state index in [1.54, 1.807) is 16.7 Å². The number of aliphatic carboxylic acids is 1. The van der Waals surface area contributed by atoms with Crippen molar-refractivity contribution in [2.24, 2.45) is 11.1 Å². The molecule has 4 rings (SSSR count). The number of Topliss-reactive ketones (excluding diaryl/α,β-unsaturated/α-hetero) is 1. The summed E-state index contributed by atoms with van der Waals surface area (Å²) in [5, 5.41) is 17.8. The molecule has 0 bridgehead atoms. The first kappa shape index (κ1) is 28.0. The number of quaternary nitrogens is 1. The van der Waals surface area contributed by atoms with Crippen molar-refractivity contribution in [3.05, 3.63) is 50.5 Å². The first-order valence-corrected chi connectivity index (χ1v) is 14.5. The number of likely N-dealkylation sites (N-methyl/N-ethyl adjacent to an activating group) is 1. The van der Waals surface area contributed by atoms with Gasteiger partial charge in [0, 0.05) is 16.4 Å². The van der Waals surface area contributed by atoms with E-state index in [1.807, 2.05) is 24.6 Å². The van der Waals surface area contributed by atoms with Crippen LogP contribution in [0.2, 0.25) is 0 Å². The summed E-state index contributed by atoms with van der Waals surface area (Å²) < 4.78 is 0.678. The molecule has 0 spiro atoms. The van der Waals surface area contributed by atoms with Crippen molar-refractivity contribution in [1.29, 1.82) is 0 Å². The lowest BCUT2D eigenvalue weighted by molar-refractivity contribution is -0.897. The number of carboxylic acids is 1. The van der Waals surface area contributed by atoms with Crippen LogP contribution in [-0.4, -0.2) is 87.7 Å². The third-order valence-corrected chi connectivity index (χ3v) is 9.37. The number of carboxylic acid groups (broad SMARTS) is 1. The molecule has 0 aromatic carbocycles. The zero-order valence-electron chi connectivity index (χ0n) is 21.3. The van der Waals surface area contributed by atoms with E-state index in [4.69, 9.17) is 10.6 Å². The first-order valence-electron chi connectivity index (χ1n) is 11.6. The van der Waals surface area contributed by atoms with Crippen LogP contribution in [-0.2, 0) is 25.8 Å². The van der Waals surface area contributed by atoms with Gasteiger partial charge in [-0.2, -0.15) is 11.8 Å². The molecule has 0 saturated heterocycles. The maximum Gasteiger partial charge on any atom is 0.332 e. The smallest absolute Gasteiger partial charge is 0.332 e. The number of allylic oxidation sites excluding steroid dienone is 1. The minimum atomic E-state index is -1.12. The van der Waals surface area contributed by atoms with Gasteiger partial charge in [-0.3, -0.25) is 9.59 Å².